The minimum Gasteiger partial charge on any atom is -0.508 e. The second-order valence-electron chi connectivity index (χ2n) is 11.4. The first kappa shape index (κ1) is 27.8. The van der Waals surface area contributed by atoms with E-state index in [-0.39, 0.29) is 30.2 Å². The minimum atomic E-state index is -0.707. The summed E-state index contributed by atoms with van der Waals surface area (Å²) in [5.41, 5.74) is 0.425. The number of hydrogen-bond donors (Lipinski definition) is 4. The summed E-state index contributed by atoms with van der Waals surface area (Å²) in [6.45, 7) is 6.89. The van der Waals surface area contributed by atoms with Crippen LogP contribution in [-0.4, -0.2) is 70.2 Å². The Bertz CT molecular complexity index is 871. The molecular weight excluding hydrogens is 460 g/mol. The Morgan fingerprint density at radius 3 is 2.28 bits per heavy atom. The molecule has 2 atom stereocenters. The summed E-state index contributed by atoms with van der Waals surface area (Å²) < 4.78 is 0. The Balaban J connectivity index is 1.61. The SMILES string of the molecule is CC(C)(C)[C@H](NC(=O)[C@H](CC1CCCC1)CN(O)C=O)C(=O)N1CCC(Nc2ccc(O)cc2)CC1. The van der Waals surface area contributed by atoms with Crippen molar-refractivity contribution in [2.24, 2.45) is 17.3 Å². The maximum absolute atomic E-state index is 13.6. The summed E-state index contributed by atoms with van der Waals surface area (Å²) >= 11 is 0. The van der Waals surface area contributed by atoms with Crippen molar-refractivity contribution >= 4 is 23.9 Å². The standard InChI is InChI=1S/C27H42N4O5/c1-27(2,3)24(29-25(34)20(17-31(36)18-32)16-19-6-4-5-7-19)26(35)30-14-12-22(13-15-30)28-21-8-10-23(33)11-9-21/h8-11,18-20,22,24,28,33,36H,4-7,12-17H2,1-3H3,(H,29,34)/t20-,24-/m1/s1. The van der Waals surface area contributed by atoms with Crippen LogP contribution in [0.5, 0.6) is 5.75 Å². The van der Waals surface area contributed by atoms with Gasteiger partial charge >= 0.3 is 0 Å². The summed E-state index contributed by atoms with van der Waals surface area (Å²) in [6.07, 6.45) is 6.83. The van der Waals surface area contributed by atoms with Gasteiger partial charge < -0.3 is 20.6 Å². The summed E-state index contributed by atoms with van der Waals surface area (Å²) in [5, 5.41) is 26.2. The van der Waals surface area contributed by atoms with Crippen LogP contribution in [0, 0.1) is 17.3 Å². The van der Waals surface area contributed by atoms with Crippen LogP contribution in [0.2, 0.25) is 0 Å². The second kappa shape index (κ2) is 12.4. The number of nitrogens with zero attached hydrogens (tertiary/aromatic N) is 2. The van der Waals surface area contributed by atoms with E-state index in [1.165, 1.54) is 0 Å². The van der Waals surface area contributed by atoms with Gasteiger partial charge in [-0.25, -0.2) is 5.06 Å². The minimum absolute atomic E-state index is 0.0782. The number of hydrogen-bond acceptors (Lipinski definition) is 6. The predicted octanol–water partition coefficient (Wildman–Crippen LogP) is 3.37. The Labute approximate surface area is 214 Å². The number of anilines is 1. The molecule has 0 bridgehead atoms. The van der Waals surface area contributed by atoms with Crippen molar-refractivity contribution in [1.82, 2.24) is 15.3 Å². The Kier molecular flexibility index (Phi) is 9.59. The molecule has 1 aliphatic heterocycles. The molecule has 1 heterocycles. The van der Waals surface area contributed by atoms with E-state index in [0.29, 0.717) is 36.9 Å². The summed E-state index contributed by atoms with van der Waals surface area (Å²) in [6, 6.07) is 6.46. The summed E-state index contributed by atoms with van der Waals surface area (Å²) in [7, 11) is 0. The molecule has 9 heteroatoms. The van der Waals surface area contributed by atoms with Crippen LogP contribution in [0.1, 0.15) is 65.7 Å². The number of piperidine rings is 1. The van der Waals surface area contributed by atoms with Crippen molar-refractivity contribution in [2.75, 3.05) is 25.0 Å². The van der Waals surface area contributed by atoms with E-state index >= 15 is 0 Å². The lowest BCUT2D eigenvalue weighted by Gasteiger charge is -2.39. The van der Waals surface area contributed by atoms with E-state index < -0.39 is 17.4 Å². The first-order valence-corrected chi connectivity index (χ1v) is 13.1. The monoisotopic (exact) mass is 502 g/mol. The summed E-state index contributed by atoms with van der Waals surface area (Å²) in [5.74, 6) is -0.347. The summed E-state index contributed by atoms with van der Waals surface area (Å²) in [4.78, 5) is 39.8. The number of rotatable bonds is 10. The number of hydroxylamine groups is 2. The third kappa shape index (κ3) is 7.85. The predicted molar refractivity (Wildman–Crippen MR) is 137 cm³/mol. The quantitative estimate of drug-likeness (QED) is 0.168. The highest BCUT2D eigenvalue weighted by Crippen LogP contribution is 2.31. The van der Waals surface area contributed by atoms with Crippen LogP contribution in [0.15, 0.2) is 24.3 Å². The van der Waals surface area contributed by atoms with Crippen molar-refractivity contribution in [3.05, 3.63) is 24.3 Å². The largest absolute Gasteiger partial charge is 0.508 e. The lowest BCUT2D eigenvalue weighted by atomic mass is 9.84. The number of phenolic OH excluding ortho intramolecular Hbond substituents is 1. The highest BCUT2D eigenvalue weighted by Gasteiger charge is 2.38. The Hall–Kier alpha value is -2.81. The average Bonchev–Trinajstić information content (AvgIpc) is 3.36. The second-order valence-corrected chi connectivity index (χ2v) is 11.4. The third-order valence-corrected chi connectivity index (χ3v) is 7.44. The van der Waals surface area contributed by atoms with E-state index in [2.05, 4.69) is 10.6 Å². The van der Waals surface area contributed by atoms with Crippen molar-refractivity contribution < 1.29 is 24.7 Å². The molecule has 2 fully saturated rings. The lowest BCUT2D eigenvalue weighted by molar-refractivity contribution is -0.156. The number of nitrogens with one attached hydrogen (secondary N) is 2. The zero-order chi connectivity index (χ0) is 26.3. The number of carbonyl (C=O) groups is 3. The molecule has 200 valence electrons. The lowest BCUT2D eigenvalue weighted by Crippen LogP contribution is -2.58. The fourth-order valence-corrected chi connectivity index (χ4v) is 5.31. The van der Waals surface area contributed by atoms with Crippen molar-refractivity contribution in [1.29, 1.82) is 0 Å². The van der Waals surface area contributed by atoms with E-state index in [0.717, 1.165) is 44.2 Å². The molecule has 0 radical (unpaired) electrons. The number of benzene rings is 1. The Morgan fingerprint density at radius 2 is 1.72 bits per heavy atom. The van der Waals surface area contributed by atoms with Gasteiger partial charge in [-0.05, 0) is 54.9 Å². The van der Waals surface area contributed by atoms with Gasteiger partial charge in [0.1, 0.15) is 11.8 Å². The molecule has 1 saturated heterocycles. The van der Waals surface area contributed by atoms with Gasteiger partial charge in [0.25, 0.3) is 0 Å². The first-order chi connectivity index (χ1) is 17.1. The maximum atomic E-state index is 13.6. The van der Waals surface area contributed by atoms with Crippen LogP contribution in [-0.2, 0) is 14.4 Å². The van der Waals surface area contributed by atoms with Gasteiger partial charge in [-0.1, -0.05) is 46.5 Å². The van der Waals surface area contributed by atoms with E-state index in [1.807, 2.05) is 37.8 Å². The molecule has 3 rings (SSSR count). The van der Waals surface area contributed by atoms with E-state index in [4.69, 9.17) is 0 Å². The highest BCUT2D eigenvalue weighted by molar-refractivity contribution is 5.89. The topological polar surface area (TPSA) is 122 Å². The van der Waals surface area contributed by atoms with Gasteiger partial charge in [0.05, 0.1) is 12.5 Å². The van der Waals surface area contributed by atoms with Crippen molar-refractivity contribution in [3.8, 4) is 5.75 Å². The fraction of sp³-hybridized carbons (Fsp3) is 0.667. The molecule has 1 aromatic carbocycles. The van der Waals surface area contributed by atoms with Crippen molar-refractivity contribution in [3.63, 3.8) is 0 Å². The highest BCUT2D eigenvalue weighted by atomic mass is 16.5. The average molecular weight is 503 g/mol. The van der Waals surface area contributed by atoms with Gasteiger partial charge in [0.2, 0.25) is 18.2 Å². The van der Waals surface area contributed by atoms with Crippen LogP contribution in [0.25, 0.3) is 0 Å². The molecule has 1 aliphatic carbocycles. The fourth-order valence-electron chi connectivity index (χ4n) is 5.31. The molecule has 3 amide bonds. The number of likely N-dealkylation sites (tertiary alicyclic amines) is 1. The third-order valence-electron chi connectivity index (χ3n) is 7.44. The molecule has 9 nitrogen and oxygen atoms in total. The zero-order valence-corrected chi connectivity index (χ0v) is 21.8. The van der Waals surface area contributed by atoms with Crippen molar-refractivity contribution in [2.45, 2.75) is 77.8 Å². The van der Waals surface area contributed by atoms with Gasteiger partial charge in [-0.15, -0.1) is 0 Å². The number of amides is 3. The number of aromatic hydroxyl groups is 1. The van der Waals surface area contributed by atoms with Crippen LogP contribution < -0.4 is 10.6 Å². The molecule has 4 N–H and O–H groups in total. The van der Waals surface area contributed by atoms with Gasteiger partial charge in [0, 0.05) is 24.8 Å². The normalized spacial score (nSPS) is 18.9. The zero-order valence-electron chi connectivity index (χ0n) is 21.8. The smallest absolute Gasteiger partial charge is 0.245 e. The van der Waals surface area contributed by atoms with Gasteiger partial charge in [-0.3, -0.25) is 19.6 Å². The number of carbonyl (C=O) groups excluding carboxylic acids is 3. The molecule has 1 saturated carbocycles. The Morgan fingerprint density at radius 1 is 1.11 bits per heavy atom. The molecule has 0 unspecified atom stereocenters. The van der Waals surface area contributed by atoms with Gasteiger partial charge in [-0.2, -0.15) is 0 Å². The van der Waals surface area contributed by atoms with E-state index in [1.54, 1.807) is 12.1 Å². The van der Waals surface area contributed by atoms with Gasteiger partial charge in [0.15, 0.2) is 0 Å². The van der Waals surface area contributed by atoms with Crippen LogP contribution in [0.3, 0.4) is 0 Å². The van der Waals surface area contributed by atoms with E-state index in [9.17, 15) is 24.7 Å². The molecular formula is C27H42N4O5. The first-order valence-electron chi connectivity index (χ1n) is 13.1. The number of phenols is 1. The maximum Gasteiger partial charge on any atom is 0.245 e. The van der Waals surface area contributed by atoms with Crippen LogP contribution >= 0.6 is 0 Å². The molecule has 0 aromatic heterocycles. The van der Waals surface area contributed by atoms with Crippen LogP contribution in [0.4, 0.5) is 5.69 Å². The molecule has 0 spiro atoms. The molecule has 1 aromatic rings. The molecule has 36 heavy (non-hydrogen) atoms. The molecule has 2 aliphatic rings.